The Balaban J connectivity index is 1.33. The summed E-state index contributed by atoms with van der Waals surface area (Å²) in [6, 6.07) is 5.82. The summed E-state index contributed by atoms with van der Waals surface area (Å²) in [6.07, 6.45) is 12.7. The number of benzene rings is 1. The smallest absolute Gasteiger partial charge is 0.309 e. The number of unbranched alkanes of at least 4 members (excludes halogenated alkanes) is 4. The Labute approximate surface area is 173 Å². The first-order valence-electron chi connectivity index (χ1n) is 11.1. The van der Waals surface area contributed by atoms with Gasteiger partial charge in [0.2, 0.25) is 0 Å². The molecular formula is C24H34O5. The number of hydrogen-bond acceptors (Lipinski definition) is 3. The maximum absolute atomic E-state index is 11.2. The largest absolute Gasteiger partial charge is 0.508 e. The number of aryl methyl sites for hydroxylation is 2. The van der Waals surface area contributed by atoms with Gasteiger partial charge in [0.1, 0.15) is 5.75 Å². The van der Waals surface area contributed by atoms with Gasteiger partial charge in [-0.25, -0.2) is 0 Å². The van der Waals surface area contributed by atoms with Gasteiger partial charge in [-0.2, -0.15) is 0 Å². The highest BCUT2D eigenvalue weighted by molar-refractivity contribution is 5.78. The molecule has 3 N–H and O–H groups in total. The number of phenols is 1. The maximum Gasteiger partial charge on any atom is 0.309 e. The van der Waals surface area contributed by atoms with Crippen LogP contribution in [-0.2, 0) is 22.4 Å². The lowest BCUT2D eigenvalue weighted by molar-refractivity contribution is -0.144. The number of carboxylic acids is 2. The molecule has 2 saturated carbocycles. The molecule has 1 aromatic carbocycles. The van der Waals surface area contributed by atoms with Crippen molar-refractivity contribution in [3.63, 3.8) is 0 Å². The van der Waals surface area contributed by atoms with Crippen LogP contribution in [0.5, 0.6) is 5.75 Å². The SMILES string of the molecule is O=C(O)C1(CCCCCc2cc(O)cc(CCCCCC3(C(=O)O)CC3)c2)CC1. The van der Waals surface area contributed by atoms with Gasteiger partial charge >= 0.3 is 11.9 Å². The number of phenolic OH excluding ortho intramolecular Hbond substituents is 1. The van der Waals surface area contributed by atoms with E-state index < -0.39 is 22.8 Å². The van der Waals surface area contributed by atoms with Crippen molar-refractivity contribution < 1.29 is 24.9 Å². The zero-order valence-electron chi connectivity index (χ0n) is 17.3. The van der Waals surface area contributed by atoms with E-state index in [9.17, 15) is 24.9 Å². The summed E-state index contributed by atoms with van der Waals surface area (Å²) < 4.78 is 0. The summed E-state index contributed by atoms with van der Waals surface area (Å²) in [4.78, 5) is 22.4. The van der Waals surface area contributed by atoms with E-state index >= 15 is 0 Å². The van der Waals surface area contributed by atoms with Crippen LogP contribution in [0.25, 0.3) is 0 Å². The number of carbonyl (C=O) groups is 2. The van der Waals surface area contributed by atoms with E-state index in [2.05, 4.69) is 6.07 Å². The third-order valence-electron chi connectivity index (χ3n) is 6.89. The fourth-order valence-electron chi connectivity index (χ4n) is 4.41. The first kappa shape index (κ1) is 21.7. The minimum Gasteiger partial charge on any atom is -0.508 e. The monoisotopic (exact) mass is 402 g/mol. The summed E-state index contributed by atoms with van der Waals surface area (Å²) in [5.74, 6) is -0.959. The van der Waals surface area contributed by atoms with E-state index in [4.69, 9.17) is 0 Å². The lowest BCUT2D eigenvalue weighted by Crippen LogP contribution is -2.14. The van der Waals surface area contributed by atoms with Crippen molar-refractivity contribution in [3.05, 3.63) is 29.3 Å². The number of rotatable bonds is 14. The van der Waals surface area contributed by atoms with Gasteiger partial charge in [0, 0.05) is 0 Å². The minimum atomic E-state index is -0.634. The molecule has 0 bridgehead atoms. The molecule has 5 heteroatoms. The Morgan fingerprint density at radius 1 is 0.690 bits per heavy atom. The molecule has 3 rings (SSSR count). The third kappa shape index (κ3) is 5.97. The van der Waals surface area contributed by atoms with Crippen molar-refractivity contribution >= 4 is 11.9 Å². The second-order valence-electron chi connectivity index (χ2n) is 9.30. The first-order chi connectivity index (χ1) is 13.9. The molecule has 0 spiro atoms. The highest BCUT2D eigenvalue weighted by atomic mass is 16.4. The van der Waals surface area contributed by atoms with Crippen molar-refractivity contribution in [2.45, 2.75) is 89.9 Å². The predicted octanol–water partition coefficient (Wildman–Crippen LogP) is 5.33. The molecular weight excluding hydrogens is 368 g/mol. The van der Waals surface area contributed by atoms with Crippen LogP contribution in [0.1, 0.15) is 88.2 Å². The van der Waals surface area contributed by atoms with Gasteiger partial charge < -0.3 is 15.3 Å². The molecule has 0 atom stereocenters. The number of aromatic hydroxyl groups is 1. The summed E-state index contributed by atoms with van der Waals surface area (Å²) in [7, 11) is 0. The predicted molar refractivity (Wildman–Crippen MR) is 111 cm³/mol. The van der Waals surface area contributed by atoms with Crippen molar-refractivity contribution in [2.24, 2.45) is 10.8 Å². The molecule has 0 heterocycles. The standard InChI is InChI=1S/C24H34O5/c25-20-16-18(7-3-1-5-9-23(11-12-23)21(26)27)15-19(17-20)8-4-2-6-10-24(13-14-24)22(28)29/h15-17,25H,1-14H2,(H,26,27)(H,28,29). The number of aliphatic carboxylic acids is 2. The van der Waals surface area contributed by atoms with E-state index in [0.29, 0.717) is 5.75 Å². The molecule has 0 aromatic heterocycles. The van der Waals surface area contributed by atoms with Crippen molar-refractivity contribution in [2.75, 3.05) is 0 Å². The highest BCUT2D eigenvalue weighted by Crippen LogP contribution is 2.50. The van der Waals surface area contributed by atoms with Crippen LogP contribution >= 0.6 is 0 Å². The maximum atomic E-state index is 11.2. The van der Waals surface area contributed by atoms with E-state index in [1.54, 1.807) is 0 Å². The van der Waals surface area contributed by atoms with Crippen LogP contribution in [0.3, 0.4) is 0 Å². The quantitative estimate of drug-likeness (QED) is 0.366. The molecule has 160 valence electrons. The minimum absolute atomic E-state index is 0.308. The Hall–Kier alpha value is -2.04. The van der Waals surface area contributed by atoms with Crippen LogP contribution in [0.2, 0.25) is 0 Å². The average Bonchev–Trinajstić information content (AvgIpc) is 3.56. The number of hydrogen-bond donors (Lipinski definition) is 3. The van der Waals surface area contributed by atoms with Crippen LogP contribution < -0.4 is 0 Å². The zero-order valence-corrected chi connectivity index (χ0v) is 17.3. The Bertz CT molecular complexity index is 673. The highest BCUT2D eigenvalue weighted by Gasteiger charge is 2.49. The van der Waals surface area contributed by atoms with E-state index in [0.717, 1.165) is 101 Å². The third-order valence-corrected chi connectivity index (χ3v) is 6.89. The number of carboxylic acid groups (broad SMARTS) is 2. The molecule has 0 radical (unpaired) electrons. The van der Waals surface area contributed by atoms with Crippen molar-refractivity contribution in [1.29, 1.82) is 0 Å². The topological polar surface area (TPSA) is 94.8 Å². The summed E-state index contributed by atoms with van der Waals surface area (Å²) >= 11 is 0. The molecule has 2 fully saturated rings. The Morgan fingerprint density at radius 3 is 1.45 bits per heavy atom. The van der Waals surface area contributed by atoms with Gasteiger partial charge in [0.15, 0.2) is 0 Å². The molecule has 0 aliphatic heterocycles. The summed E-state index contributed by atoms with van der Waals surface area (Å²) in [5, 5.41) is 28.5. The summed E-state index contributed by atoms with van der Waals surface area (Å²) in [6.45, 7) is 0. The van der Waals surface area contributed by atoms with Gasteiger partial charge in [0.05, 0.1) is 10.8 Å². The van der Waals surface area contributed by atoms with Gasteiger partial charge in [0.25, 0.3) is 0 Å². The normalized spacial score (nSPS) is 18.3. The Morgan fingerprint density at radius 2 is 1.10 bits per heavy atom. The van der Waals surface area contributed by atoms with Crippen molar-refractivity contribution in [3.8, 4) is 5.75 Å². The van der Waals surface area contributed by atoms with E-state index in [1.165, 1.54) is 0 Å². The second kappa shape index (κ2) is 9.19. The molecule has 1 aromatic rings. The van der Waals surface area contributed by atoms with Crippen LogP contribution in [-0.4, -0.2) is 27.3 Å². The molecule has 2 aliphatic rings. The van der Waals surface area contributed by atoms with Gasteiger partial charge in [-0.15, -0.1) is 0 Å². The first-order valence-corrected chi connectivity index (χ1v) is 11.1. The van der Waals surface area contributed by atoms with Crippen LogP contribution in [0.15, 0.2) is 18.2 Å². The van der Waals surface area contributed by atoms with Crippen molar-refractivity contribution in [1.82, 2.24) is 0 Å². The second-order valence-corrected chi connectivity index (χ2v) is 9.30. The lowest BCUT2D eigenvalue weighted by atomic mass is 9.95. The molecule has 0 unspecified atom stereocenters. The Kier molecular flexibility index (Phi) is 6.86. The fraction of sp³-hybridized carbons (Fsp3) is 0.667. The van der Waals surface area contributed by atoms with Gasteiger partial charge in [-0.1, -0.05) is 31.7 Å². The zero-order chi connectivity index (χ0) is 20.9. The average molecular weight is 403 g/mol. The van der Waals surface area contributed by atoms with E-state index in [-0.39, 0.29) is 0 Å². The molecule has 0 amide bonds. The van der Waals surface area contributed by atoms with Gasteiger partial charge in [-0.3, -0.25) is 9.59 Å². The van der Waals surface area contributed by atoms with Gasteiger partial charge in [-0.05, 0) is 87.5 Å². The van der Waals surface area contributed by atoms with Crippen LogP contribution in [0.4, 0.5) is 0 Å². The molecule has 0 saturated heterocycles. The summed E-state index contributed by atoms with van der Waals surface area (Å²) in [5.41, 5.74) is 1.45. The molecule has 2 aliphatic carbocycles. The van der Waals surface area contributed by atoms with Crippen LogP contribution in [0, 0.1) is 10.8 Å². The van der Waals surface area contributed by atoms with E-state index in [1.807, 2.05) is 12.1 Å². The molecule has 5 nitrogen and oxygen atoms in total. The molecule has 29 heavy (non-hydrogen) atoms. The lowest BCUT2D eigenvalue weighted by Gasteiger charge is -2.10. The fourth-order valence-corrected chi connectivity index (χ4v) is 4.41.